The standard InChI is InChI=1S/C14H20Br2/c1-5-9(3)11-7-13(15)14(16)8-12(11)10(4)6-2/h7-10H,5-6H2,1-4H3. The van der Waals surface area contributed by atoms with Crippen molar-refractivity contribution in [1.82, 2.24) is 0 Å². The molecule has 1 aromatic rings. The summed E-state index contributed by atoms with van der Waals surface area (Å²) in [4.78, 5) is 0. The number of halogens is 2. The summed E-state index contributed by atoms with van der Waals surface area (Å²) in [5.41, 5.74) is 2.99. The SMILES string of the molecule is CCC(C)c1cc(Br)c(Br)cc1C(C)CC. The zero-order valence-electron chi connectivity index (χ0n) is 10.5. The monoisotopic (exact) mass is 346 g/mol. The van der Waals surface area contributed by atoms with Crippen molar-refractivity contribution in [3.05, 3.63) is 32.2 Å². The van der Waals surface area contributed by atoms with Crippen LogP contribution in [0.1, 0.15) is 63.5 Å². The van der Waals surface area contributed by atoms with Gasteiger partial charge < -0.3 is 0 Å². The predicted octanol–water partition coefficient (Wildman–Crippen LogP) is 6.24. The molecule has 0 radical (unpaired) electrons. The Kier molecular flexibility index (Phi) is 5.52. The van der Waals surface area contributed by atoms with Gasteiger partial charge in [0, 0.05) is 8.95 Å². The summed E-state index contributed by atoms with van der Waals surface area (Å²) < 4.78 is 2.32. The second kappa shape index (κ2) is 6.20. The van der Waals surface area contributed by atoms with E-state index < -0.39 is 0 Å². The molecule has 2 atom stereocenters. The van der Waals surface area contributed by atoms with Gasteiger partial charge in [-0.2, -0.15) is 0 Å². The molecule has 16 heavy (non-hydrogen) atoms. The third-order valence-electron chi connectivity index (χ3n) is 3.41. The lowest BCUT2D eigenvalue weighted by Gasteiger charge is -2.20. The van der Waals surface area contributed by atoms with Gasteiger partial charge in [0.25, 0.3) is 0 Å². The van der Waals surface area contributed by atoms with Crippen LogP contribution in [0.4, 0.5) is 0 Å². The van der Waals surface area contributed by atoms with E-state index >= 15 is 0 Å². The molecule has 0 aliphatic rings. The van der Waals surface area contributed by atoms with E-state index in [2.05, 4.69) is 71.7 Å². The molecule has 0 amide bonds. The van der Waals surface area contributed by atoms with E-state index in [0.717, 1.165) is 8.95 Å². The van der Waals surface area contributed by atoms with Crippen molar-refractivity contribution in [3.63, 3.8) is 0 Å². The molecule has 0 heterocycles. The molecule has 2 heteroatoms. The first-order chi connectivity index (χ1) is 7.51. The fourth-order valence-corrected chi connectivity index (χ4v) is 2.59. The quantitative estimate of drug-likeness (QED) is 0.604. The fraction of sp³-hybridized carbons (Fsp3) is 0.571. The molecule has 0 N–H and O–H groups in total. The van der Waals surface area contributed by atoms with Gasteiger partial charge in [0.2, 0.25) is 0 Å². The second-order valence-corrected chi connectivity index (χ2v) is 6.22. The van der Waals surface area contributed by atoms with Crippen LogP contribution in [-0.2, 0) is 0 Å². The maximum absolute atomic E-state index is 3.60. The Balaban J connectivity index is 3.27. The summed E-state index contributed by atoms with van der Waals surface area (Å²) in [6.45, 7) is 9.12. The van der Waals surface area contributed by atoms with E-state index in [4.69, 9.17) is 0 Å². The number of benzene rings is 1. The van der Waals surface area contributed by atoms with E-state index in [-0.39, 0.29) is 0 Å². The average Bonchev–Trinajstić information content (AvgIpc) is 2.30. The van der Waals surface area contributed by atoms with Crippen molar-refractivity contribution in [2.75, 3.05) is 0 Å². The van der Waals surface area contributed by atoms with Crippen LogP contribution >= 0.6 is 31.9 Å². The Morgan fingerprint density at radius 1 is 0.875 bits per heavy atom. The van der Waals surface area contributed by atoms with E-state index in [1.165, 1.54) is 24.0 Å². The molecule has 90 valence electrons. The fourth-order valence-electron chi connectivity index (χ4n) is 1.87. The molecule has 1 aromatic carbocycles. The molecule has 0 saturated heterocycles. The van der Waals surface area contributed by atoms with Crippen LogP contribution in [0.3, 0.4) is 0 Å². The van der Waals surface area contributed by atoms with Crippen molar-refractivity contribution in [3.8, 4) is 0 Å². The Morgan fingerprint density at radius 3 is 1.44 bits per heavy atom. The lowest BCUT2D eigenvalue weighted by molar-refractivity contribution is 0.675. The minimum absolute atomic E-state index is 0.633. The summed E-state index contributed by atoms with van der Waals surface area (Å²) in [7, 11) is 0. The first-order valence-electron chi connectivity index (χ1n) is 6.00. The van der Waals surface area contributed by atoms with Gasteiger partial charge in [-0.25, -0.2) is 0 Å². The van der Waals surface area contributed by atoms with Gasteiger partial charge in [0.05, 0.1) is 0 Å². The van der Waals surface area contributed by atoms with Gasteiger partial charge in [-0.1, -0.05) is 27.7 Å². The molecule has 0 aliphatic heterocycles. The van der Waals surface area contributed by atoms with Crippen LogP contribution in [0.25, 0.3) is 0 Å². The highest BCUT2D eigenvalue weighted by Gasteiger charge is 2.15. The highest BCUT2D eigenvalue weighted by Crippen LogP contribution is 2.36. The summed E-state index contributed by atoms with van der Waals surface area (Å²) in [5, 5.41) is 0. The van der Waals surface area contributed by atoms with Crippen LogP contribution < -0.4 is 0 Å². The van der Waals surface area contributed by atoms with Crippen molar-refractivity contribution in [2.45, 2.75) is 52.4 Å². The molecule has 0 nitrogen and oxygen atoms in total. The van der Waals surface area contributed by atoms with E-state index in [1.54, 1.807) is 0 Å². The van der Waals surface area contributed by atoms with E-state index in [0.29, 0.717) is 11.8 Å². The second-order valence-electron chi connectivity index (χ2n) is 4.51. The number of hydrogen-bond donors (Lipinski definition) is 0. The lowest BCUT2D eigenvalue weighted by Crippen LogP contribution is -2.02. The molecular formula is C14H20Br2. The maximum atomic E-state index is 3.60. The molecule has 0 fully saturated rings. The molecule has 1 rings (SSSR count). The van der Waals surface area contributed by atoms with E-state index in [1.807, 2.05) is 0 Å². The van der Waals surface area contributed by atoms with Crippen LogP contribution in [0.5, 0.6) is 0 Å². The van der Waals surface area contributed by atoms with Crippen molar-refractivity contribution >= 4 is 31.9 Å². The van der Waals surface area contributed by atoms with Gasteiger partial charge >= 0.3 is 0 Å². The maximum Gasteiger partial charge on any atom is 0.0320 e. The van der Waals surface area contributed by atoms with E-state index in [9.17, 15) is 0 Å². The highest BCUT2D eigenvalue weighted by molar-refractivity contribution is 9.13. The molecular weight excluding hydrogens is 328 g/mol. The number of hydrogen-bond acceptors (Lipinski definition) is 0. The van der Waals surface area contributed by atoms with Crippen LogP contribution in [0.15, 0.2) is 21.1 Å². The van der Waals surface area contributed by atoms with Gasteiger partial charge in [-0.05, 0) is 79.8 Å². The van der Waals surface area contributed by atoms with Gasteiger partial charge in [0.15, 0.2) is 0 Å². The smallest absolute Gasteiger partial charge is 0.0320 e. The lowest BCUT2D eigenvalue weighted by atomic mass is 9.87. The third kappa shape index (κ3) is 3.10. The van der Waals surface area contributed by atoms with Crippen LogP contribution in [-0.4, -0.2) is 0 Å². The molecule has 0 aliphatic carbocycles. The topological polar surface area (TPSA) is 0 Å². The Morgan fingerprint density at radius 2 is 1.19 bits per heavy atom. The molecule has 0 spiro atoms. The zero-order chi connectivity index (χ0) is 12.3. The average molecular weight is 348 g/mol. The Hall–Kier alpha value is 0.180. The normalized spacial score (nSPS) is 14.9. The van der Waals surface area contributed by atoms with Crippen molar-refractivity contribution < 1.29 is 0 Å². The minimum atomic E-state index is 0.633. The Labute approximate surface area is 116 Å². The first kappa shape index (κ1) is 14.2. The summed E-state index contributed by atoms with van der Waals surface area (Å²) in [6.07, 6.45) is 2.38. The van der Waals surface area contributed by atoms with Gasteiger partial charge in [-0.15, -0.1) is 0 Å². The Bertz CT molecular complexity index is 323. The van der Waals surface area contributed by atoms with Crippen molar-refractivity contribution in [1.29, 1.82) is 0 Å². The predicted molar refractivity (Wildman–Crippen MR) is 79.3 cm³/mol. The minimum Gasteiger partial charge on any atom is -0.0648 e. The van der Waals surface area contributed by atoms with Crippen LogP contribution in [0.2, 0.25) is 0 Å². The van der Waals surface area contributed by atoms with Gasteiger partial charge in [0.1, 0.15) is 0 Å². The van der Waals surface area contributed by atoms with Gasteiger partial charge in [-0.3, -0.25) is 0 Å². The summed E-state index contributed by atoms with van der Waals surface area (Å²) in [5.74, 6) is 1.27. The molecule has 0 saturated carbocycles. The molecule has 0 aromatic heterocycles. The summed E-state index contributed by atoms with van der Waals surface area (Å²) >= 11 is 7.20. The molecule has 0 bridgehead atoms. The molecule has 2 unspecified atom stereocenters. The summed E-state index contributed by atoms with van der Waals surface area (Å²) in [6, 6.07) is 4.56. The largest absolute Gasteiger partial charge is 0.0648 e. The third-order valence-corrected chi connectivity index (χ3v) is 5.26. The first-order valence-corrected chi connectivity index (χ1v) is 7.58. The van der Waals surface area contributed by atoms with Crippen molar-refractivity contribution in [2.24, 2.45) is 0 Å². The zero-order valence-corrected chi connectivity index (χ0v) is 13.7. The highest BCUT2D eigenvalue weighted by atomic mass is 79.9. The number of rotatable bonds is 4. The van der Waals surface area contributed by atoms with Crippen LogP contribution in [0, 0.1) is 0 Å².